The highest BCUT2D eigenvalue weighted by atomic mass is 16.5. The van der Waals surface area contributed by atoms with E-state index in [2.05, 4.69) is 36.1 Å². The third kappa shape index (κ3) is 3.91. The van der Waals surface area contributed by atoms with Crippen LogP contribution in [0.2, 0.25) is 0 Å². The zero-order valence-electron chi connectivity index (χ0n) is 14.7. The van der Waals surface area contributed by atoms with E-state index in [1.165, 1.54) is 12.7 Å². The van der Waals surface area contributed by atoms with Gasteiger partial charge < -0.3 is 14.4 Å². The number of benzene rings is 2. The molecule has 4 nitrogen and oxygen atoms in total. The molecule has 1 aliphatic heterocycles. The SMILES string of the molecule is COC(=O)c1cccc(N2CCOCC2)c1/C=C/c1ccccc1C. The molecule has 0 N–H and O–H groups in total. The number of morpholine rings is 1. The van der Waals surface area contributed by atoms with E-state index in [4.69, 9.17) is 9.47 Å². The van der Waals surface area contributed by atoms with Gasteiger partial charge in [0.15, 0.2) is 0 Å². The zero-order chi connectivity index (χ0) is 17.6. The smallest absolute Gasteiger partial charge is 0.338 e. The van der Waals surface area contributed by atoms with Gasteiger partial charge in [0.25, 0.3) is 0 Å². The van der Waals surface area contributed by atoms with Crippen LogP contribution in [0.15, 0.2) is 42.5 Å². The quantitative estimate of drug-likeness (QED) is 0.628. The molecule has 0 atom stereocenters. The van der Waals surface area contributed by atoms with Gasteiger partial charge in [-0.2, -0.15) is 0 Å². The molecule has 1 fully saturated rings. The van der Waals surface area contributed by atoms with Crippen LogP contribution in [-0.2, 0) is 9.47 Å². The second-order valence-electron chi connectivity index (χ2n) is 6.02. The minimum Gasteiger partial charge on any atom is -0.465 e. The van der Waals surface area contributed by atoms with Gasteiger partial charge in [-0.15, -0.1) is 0 Å². The van der Waals surface area contributed by atoms with Gasteiger partial charge in [0.1, 0.15) is 0 Å². The lowest BCUT2D eigenvalue weighted by Gasteiger charge is -2.30. The molecule has 25 heavy (non-hydrogen) atoms. The van der Waals surface area contributed by atoms with Crippen LogP contribution in [0.4, 0.5) is 5.69 Å². The van der Waals surface area contributed by atoms with Crippen LogP contribution in [0.25, 0.3) is 12.2 Å². The van der Waals surface area contributed by atoms with Crippen molar-refractivity contribution in [2.24, 2.45) is 0 Å². The molecule has 1 heterocycles. The van der Waals surface area contributed by atoms with Crippen LogP contribution >= 0.6 is 0 Å². The van der Waals surface area contributed by atoms with E-state index in [1.807, 2.05) is 30.3 Å². The fourth-order valence-corrected chi connectivity index (χ4v) is 3.04. The molecule has 4 heteroatoms. The molecular formula is C21H23NO3. The van der Waals surface area contributed by atoms with E-state index in [-0.39, 0.29) is 5.97 Å². The molecule has 3 rings (SSSR count). The van der Waals surface area contributed by atoms with E-state index in [9.17, 15) is 4.79 Å². The fourth-order valence-electron chi connectivity index (χ4n) is 3.04. The van der Waals surface area contributed by atoms with Gasteiger partial charge in [-0.1, -0.05) is 42.5 Å². The molecule has 0 unspecified atom stereocenters. The number of hydrogen-bond acceptors (Lipinski definition) is 4. The van der Waals surface area contributed by atoms with Gasteiger partial charge in [-0.3, -0.25) is 0 Å². The normalized spacial score (nSPS) is 14.7. The number of methoxy groups -OCH3 is 1. The van der Waals surface area contributed by atoms with Crippen LogP contribution < -0.4 is 4.90 Å². The Kier molecular flexibility index (Phi) is 5.51. The molecular weight excluding hydrogens is 314 g/mol. The summed E-state index contributed by atoms with van der Waals surface area (Å²) in [7, 11) is 1.42. The summed E-state index contributed by atoms with van der Waals surface area (Å²) < 4.78 is 10.4. The average Bonchev–Trinajstić information content (AvgIpc) is 2.67. The van der Waals surface area contributed by atoms with Crippen molar-refractivity contribution in [3.05, 3.63) is 64.7 Å². The van der Waals surface area contributed by atoms with Crippen LogP contribution in [-0.4, -0.2) is 39.4 Å². The molecule has 0 amide bonds. The Morgan fingerprint density at radius 3 is 2.56 bits per heavy atom. The largest absolute Gasteiger partial charge is 0.465 e. The van der Waals surface area contributed by atoms with Gasteiger partial charge >= 0.3 is 5.97 Å². The summed E-state index contributed by atoms with van der Waals surface area (Å²) in [5.41, 5.74) is 4.84. The Morgan fingerprint density at radius 2 is 1.84 bits per heavy atom. The monoisotopic (exact) mass is 337 g/mol. The third-order valence-electron chi connectivity index (χ3n) is 4.46. The lowest BCUT2D eigenvalue weighted by atomic mass is 10.0. The molecule has 2 aromatic rings. The number of hydrogen-bond donors (Lipinski definition) is 0. The van der Waals surface area contributed by atoms with E-state index < -0.39 is 0 Å². The van der Waals surface area contributed by atoms with Crippen LogP contribution in [0.3, 0.4) is 0 Å². The standard InChI is InChI=1S/C21H23NO3/c1-16-6-3-4-7-17(16)10-11-18-19(21(23)24-2)8-5-9-20(18)22-12-14-25-15-13-22/h3-11H,12-15H2,1-2H3/b11-10+. The number of rotatable bonds is 4. The Morgan fingerprint density at radius 1 is 1.08 bits per heavy atom. The second kappa shape index (κ2) is 7.99. The maximum absolute atomic E-state index is 12.2. The summed E-state index contributed by atoms with van der Waals surface area (Å²) in [6, 6.07) is 14.0. The summed E-state index contributed by atoms with van der Waals surface area (Å²) >= 11 is 0. The first-order chi connectivity index (χ1) is 12.2. The van der Waals surface area contributed by atoms with Crippen molar-refractivity contribution < 1.29 is 14.3 Å². The number of esters is 1. The Bertz CT molecular complexity index is 776. The fraction of sp³-hybridized carbons (Fsp3) is 0.286. The summed E-state index contributed by atoms with van der Waals surface area (Å²) in [5.74, 6) is -0.320. The van der Waals surface area contributed by atoms with Crippen molar-refractivity contribution in [1.82, 2.24) is 0 Å². The van der Waals surface area contributed by atoms with Gasteiger partial charge in [0, 0.05) is 24.3 Å². The minimum atomic E-state index is -0.320. The topological polar surface area (TPSA) is 38.8 Å². The predicted octanol–water partition coefficient (Wildman–Crippen LogP) is 3.79. The Balaban J connectivity index is 2.04. The number of anilines is 1. The number of aryl methyl sites for hydroxylation is 1. The molecule has 130 valence electrons. The molecule has 0 spiro atoms. The van der Waals surface area contributed by atoms with Gasteiger partial charge in [0.2, 0.25) is 0 Å². The summed E-state index contributed by atoms with van der Waals surface area (Å²) in [4.78, 5) is 14.5. The maximum atomic E-state index is 12.2. The summed E-state index contributed by atoms with van der Waals surface area (Å²) in [6.45, 7) is 5.10. The molecule has 0 aromatic heterocycles. The maximum Gasteiger partial charge on any atom is 0.338 e. The number of carbonyl (C=O) groups excluding carboxylic acids is 1. The van der Waals surface area contributed by atoms with Crippen molar-refractivity contribution >= 4 is 23.8 Å². The Hall–Kier alpha value is -2.59. The van der Waals surface area contributed by atoms with Gasteiger partial charge in [-0.05, 0) is 30.2 Å². The lowest BCUT2D eigenvalue weighted by Crippen LogP contribution is -2.36. The van der Waals surface area contributed by atoms with Crippen molar-refractivity contribution in [3.63, 3.8) is 0 Å². The first-order valence-electron chi connectivity index (χ1n) is 8.48. The number of carbonyl (C=O) groups is 1. The van der Waals surface area contributed by atoms with Crippen LogP contribution in [0.1, 0.15) is 27.0 Å². The van der Waals surface area contributed by atoms with E-state index in [0.29, 0.717) is 18.8 Å². The average molecular weight is 337 g/mol. The van der Waals surface area contributed by atoms with Crippen molar-refractivity contribution in [3.8, 4) is 0 Å². The lowest BCUT2D eigenvalue weighted by molar-refractivity contribution is 0.0600. The number of ether oxygens (including phenoxy) is 2. The van der Waals surface area contributed by atoms with Crippen LogP contribution in [0.5, 0.6) is 0 Å². The first kappa shape index (κ1) is 17.2. The van der Waals surface area contributed by atoms with E-state index in [0.717, 1.165) is 29.9 Å². The molecule has 0 bridgehead atoms. The van der Waals surface area contributed by atoms with Crippen molar-refractivity contribution in [1.29, 1.82) is 0 Å². The minimum absolute atomic E-state index is 0.320. The highest BCUT2D eigenvalue weighted by Gasteiger charge is 2.19. The van der Waals surface area contributed by atoms with Crippen LogP contribution in [0, 0.1) is 6.92 Å². The van der Waals surface area contributed by atoms with Crippen molar-refractivity contribution in [2.45, 2.75) is 6.92 Å². The highest BCUT2D eigenvalue weighted by Crippen LogP contribution is 2.28. The Labute approximate surface area is 148 Å². The predicted molar refractivity (Wildman–Crippen MR) is 101 cm³/mol. The highest BCUT2D eigenvalue weighted by molar-refractivity contribution is 5.98. The molecule has 1 saturated heterocycles. The summed E-state index contributed by atoms with van der Waals surface area (Å²) in [5, 5.41) is 0. The first-order valence-corrected chi connectivity index (χ1v) is 8.48. The van der Waals surface area contributed by atoms with E-state index in [1.54, 1.807) is 0 Å². The number of nitrogens with zero attached hydrogens (tertiary/aromatic N) is 1. The van der Waals surface area contributed by atoms with Crippen molar-refractivity contribution in [2.75, 3.05) is 38.3 Å². The molecule has 0 saturated carbocycles. The molecule has 0 aliphatic carbocycles. The zero-order valence-corrected chi connectivity index (χ0v) is 14.7. The van der Waals surface area contributed by atoms with E-state index >= 15 is 0 Å². The molecule has 0 radical (unpaired) electrons. The molecule has 1 aliphatic rings. The molecule has 2 aromatic carbocycles. The van der Waals surface area contributed by atoms with Gasteiger partial charge in [-0.25, -0.2) is 4.79 Å². The second-order valence-corrected chi connectivity index (χ2v) is 6.02. The summed E-state index contributed by atoms with van der Waals surface area (Å²) in [6.07, 6.45) is 4.07. The van der Waals surface area contributed by atoms with Gasteiger partial charge in [0.05, 0.1) is 25.9 Å². The third-order valence-corrected chi connectivity index (χ3v) is 4.46.